The second-order valence-electron chi connectivity index (χ2n) is 7.82. The quantitative estimate of drug-likeness (QED) is 0.632. The fraction of sp³-hybridized carbons (Fsp3) is 0.391. The Labute approximate surface area is 177 Å². The lowest BCUT2D eigenvalue weighted by atomic mass is 9.95. The van der Waals surface area contributed by atoms with E-state index in [2.05, 4.69) is 46.4 Å². The third-order valence-corrected chi connectivity index (χ3v) is 5.77. The van der Waals surface area contributed by atoms with Gasteiger partial charge in [-0.25, -0.2) is 0 Å². The van der Waals surface area contributed by atoms with E-state index in [0.717, 1.165) is 49.7 Å². The molecule has 4 rings (SSSR count). The van der Waals surface area contributed by atoms with Gasteiger partial charge in [0.05, 0.1) is 18.2 Å². The second-order valence-corrected chi connectivity index (χ2v) is 7.82. The van der Waals surface area contributed by atoms with Gasteiger partial charge in [-0.3, -0.25) is 9.69 Å². The minimum absolute atomic E-state index is 0.0633. The van der Waals surface area contributed by atoms with Crippen LogP contribution < -0.4 is 0 Å². The molecule has 1 fully saturated rings. The van der Waals surface area contributed by atoms with Crippen molar-refractivity contribution in [1.82, 2.24) is 30.0 Å². The van der Waals surface area contributed by atoms with Gasteiger partial charge in [-0.2, -0.15) is 4.68 Å². The number of aryl methyl sites for hydroxylation is 1. The molecule has 0 radical (unpaired) electrons. The molecular formula is C23H28N6O. The van der Waals surface area contributed by atoms with E-state index >= 15 is 0 Å². The van der Waals surface area contributed by atoms with Crippen molar-refractivity contribution in [2.75, 3.05) is 26.2 Å². The molecule has 1 saturated heterocycles. The van der Waals surface area contributed by atoms with Crippen molar-refractivity contribution in [1.29, 1.82) is 0 Å². The Hall–Kier alpha value is -3.06. The van der Waals surface area contributed by atoms with Crippen molar-refractivity contribution in [2.24, 2.45) is 0 Å². The van der Waals surface area contributed by atoms with Gasteiger partial charge in [0.15, 0.2) is 5.82 Å². The van der Waals surface area contributed by atoms with E-state index in [4.69, 9.17) is 0 Å². The number of carbonyl (C=O) groups excluding carboxylic acids is 1. The highest BCUT2D eigenvalue weighted by Gasteiger charge is 2.28. The largest absolute Gasteiger partial charge is 0.340 e. The summed E-state index contributed by atoms with van der Waals surface area (Å²) in [6.07, 6.45) is 0.814. The number of piperazine rings is 1. The maximum Gasteiger partial charge on any atom is 0.230 e. The molecule has 1 aromatic heterocycles. The Morgan fingerprint density at radius 2 is 1.70 bits per heavy atom. The molecule has 7 heteroatoms. The second kappa shape index (κ2) is 9.17. The minimum Gasteiger partial charge on any atom is -0.340 e. The van der Waals surface area contributed by atoms with Crippen LogP contribution in [0.4, 0.5) is 0 Å². The van der Waals surface area contributed by atoms with Crippen LogP contribution >= 0.6 is 0 Å². The third kappa shape index (κ3) is 4.41. The maximum atomic E-state index is 13.1. The number of nitrogens with zero attached hydrogens (tertiary/aromatic N) is 6. The average Bonchev–Trinajstić information content (AvgIpc) is 3.24. The Balaban J connectivity index is 1.37. The Kier molecular flexibility index (Phi) is 6.18. The summed E-state index contributed by atoms with van der Waals surface area (Å²) in [4.78, 5) is 17.4. The van der Waals surface area contributed by atoms with Crippen LogP contribution in [-0.4, -0.2) is 62.1 Å². The van der Waals surface area contributed by atoms with E-state index in [1.165, 1.54) is 5.56 Å². The predicted molar refractivity (Wildman–Crippen MR) is 115 cm³/mol. The fourth-order valence-electron chi connectivity index (χ4n) is 3.98. The van der Waals surface area contributed by atoms with Gasteiger partial charge in [0.1, 0.15) is 0 Å². The van der Waals surface area contributed by atoms with Crippen LogP contribution in [0.5, 0.6) is 0 Å². The number of carbonyl (C=O) groups is 1. The molecule has 2 heterocycles. The highest BCUT2D eigenvalue weighted by atomic mass is 16.2. The van der Waals surface area contributed by atoms with Crippen LogP contribution in [-0.2, 0) is 11.3 Å². The molecule has 0 bridgehead atoms. The zero-order chi connectivity index (χ0) is 20.9. The monoisotopic (exact) mass is 404 g/mol. The summed E-state index contributed by atoms with van der Waals surface area (Å²) < 4.78 is 1.79. The number of hydrogen-bond acceptors (Lipinski definition) is 5. The molecule has 30 heavy (non-hydrogen) atoms. The van der Waals surface area contributed by atoms with Crippen molar-refractivity contribution in [3.8, 4) is 5.69 Å². The predicted octanol–water partition coefficient (Wildman–Crippen LogP) is 2.81. The first kappa shape index (κ1) is 20.2. The number of benzene rings is 2. The van der Waals surface area contributed by atoms with Crippen LogP contribution in [0.1, 0.15) is 36.2 Å². The van der Waals surface area contributed by atoms with Crippen LogP contribution in [0.25, 0.3) is 5.69 Å². The fourth-order valence-corrected chi connectivity index (χ4v) is 3.98. The number of rotatable bonds is 6. The average molecular weight is 405 g/mol. The van der Waals surface area contributed by atoms with Gasteiger partial charge in [0.2, 0.25) is 5.91 Å². The standard InChI is InChI=1S/C23H28N6O/c1-3-21(19-7-5-4-6-8-19)23(30)28-15-13-27(14-16-28)17-22-24-25-26-29(22)20-11-9-18(2)10-12-20/h4-12,21H,3,13-17H2,1-2H3. The Morgan fingerprint density at radius 1 is 1.00 bits per heavy atom. The van der Waals surface area contributed by atoms with Crippen molar-refractivity contribution in [3.05, 3.63) is 71.5 Å². The van der Waals surface area contributed by atoms with Gasteiger partial charge in [-0.1, -0.05) is 55.0 Å². The lowest BCUT2D eigenvalue weighted by Crippen LogP contribution is -2.49. The molecule has 1 amide bonds. The first-order valence-electron chi connectivity index (χ1n) is 10.6. The van der Waals surface area contributed by atoms with E-state index in [0.29, 0.717) is 6.54 Å². The number of amides is 1. The summed E-state index contributed by atoms with van der Waals surface area (Å²) in [5.41, 5.74) is 3.27. The molecule has 1 aliphatic rings. The van der Waals surface area contributed by atoms with E-state index in [9.17, 15) is 4.79 Å². The van der Waals surface area contributed by atoms with E-state index < -0.39 is 0 Å². The van der Waals surface area contributed by atoms with Crippen molar-refractivity contribution >= 4 is 5.91 Å². The summed E-state index contributed by atoms with van der Waals surface area (Å²) in [5.74, 6) is 0.980. The molecule has 7 nitrogen and oxygen atoms in total. The summed E-state index contributed by atoms with van der Waals surface area (Å²) in [6.45, 7) is 7.90. The molecule has 3 aromatic rings. The molecule has 0 spiro atoms. The summed E-state index contributed by atoms with van der Waals surface area (Å²) in [7, 11) is 0. The zero-order valence-corrected chi connectivity index (χ0v) is 17.6. The van der Waals surface area contributed by atoms with Crippen molar-refractivity contribution in [2.45, 2.75) is 32.7 Å². The van der Waals surface area contributed by atoms with Crippen molar-refractivity contribution < 1.29 is 4.79 Å². The minimum atomic E-state index is -0.0633. The third-order valence-electron chi connectivity index (χ3n) is 5.77. The number of hydrogen-bond donors (Lipinski definition) is 0. The Morgan fingerprint density at radius 3 is 2.37 bits per heavy atom. The molecule has 2 aromatic carbocycles. The molecule has 1 unspecified atom stereocenters. The van der Waals surface area contributed by atoms with Gasteiger partial charge in [0.25, 0.3) is 0 Å². The highest BCUT2D eigenvalue weighted by Crippen LogP contribution is 2.23. The van der Waals surface area contributed by atoms with Gasteiger partial charge in [-0.05, 0) is 41.5 Å². The van der Waals surface area contributed by atoms with Crippen LogP contribution in [0, 0.1) is 6.92 Å². The summed E-state index contributed by atoms with van der Waals surface area (Å²) in [5, 5.41) is 12.3. The van der Waals surface area contributed by atoms with Crippen LogP contribution in [0.2, 0.25) is 0 Å². The molecular weight excluding hydrogens is 376 g/mol. The molecule has 0 saturated carbocycles. The first-order valence-corrected chi connectivity index (χ1v) is 10.6. The maximum absolute atomic E-state index is 13.1. The number of tetrazole rings is 1. The smallest absolute Gasteiger partial charge is 0.230 e. The Bertz CT molecular complexity index is 961. The number of aromatic nitrogens is 4. The van der Waals surface area contributed by atoms with Gasteiger partial charge in [0, 0.05) is 26.2 Å². The molecule has 1 atom stereocenters. The molecule has 156 valence electrons. The lowest BCUT2D eigenvalue weighted by Gasteiger charge is -2.36. The molecule has 0 N–H and O–H groups in total. The van der Waals surface area contributed by atoms with E-state index in [-0.39, 0.29) is 11.8 Å². The van der Waals surface area contributed by atoms with E-state index in [1.807, 2.05) is 47.4 Å². The molecule has 1 aliphatic heterocycles. The SMILES string of the molecule is CCC(C(=O)N1CCN(Cc2nnnn2-c2ccc(C)cc2)CC1)c1ccccc1. The normalized spacial score (nSPS) is 15.9. The van der Waals surface area contributed by atoms with Gasteiger partial charge in [-0.15, -0.1) is 5.10 Å². The summed E-state index contributed by atoms with van der Waals surface area (Å²) >= 11 is 0. The van der Waals surface area contributed by atoms with E-state index in [1.54, 1.807) is 4.68 Å². The molecule has 0 aliphatic carbocycles. The highest BCUT2D eigenvalue weighted by molar-refractivity contribution is 5.83. The van der Waals surface area contributed by atoms with Crippen LogP contribution in [0.3, 0.4) is 0 Å². The zero-order valence-electron chi connectivity index (χ0n) is 17.6. The van der Waals surface area contributed by atoms with Crippen molar-refractivity contribution in [3.63, 3.8) is 0 Å². The topological polar surface area (TPSA) is 67.2 Å². The lowest BCUT2D eigenvalue weighted by molar-refractivity contribution is -0.134. The summed E-state index contributed by atoms with van der Waals surface area (Å²) in [6, 6.07) is 18.3. The first-order chi connectivity index (χ1) is 14.7. The van der Waals surface area contributed by atoms with Crippen LogP contribution in [0.15, 0.2) is 54.6 Å². The van der Waals surface area contributed by atoms with Gasteiger partial charge >= 0.3 is 0 Å². The van der Waals surface area contributed by atoms with Gasteiger partial charge < -0.3 is 4.90 Å².